The Morgan fingerprint density at radius 2 is 2.04 bits per heavy atom. The number of hydrogen-bond acceptors (Lipinski definition) is 6. The van der Waals surface area contributed by atoms with Gasteiger partial charge in [0.05, 0.1) is 17.6 Å². The zero-order valence-electron chi connectivity index (χ0n) is 15.8. The highest BCUT2D eigenvalue weighted by molar-refractivity contribution is 7.13. The molecule has 0 aliphatic rings. The summed E-state index contributed by atoms with van der Waals surface area (Å²) < 4.78 is 5.35. The minimum atomic E-state index is -0.555. The molecule has 0 fully saturated rings. The molecule has 0 aliphatic carbocycles. The van der Waals surface area contributed by atoms with Crippen LogP contribution in [-0.4, -0.2) is 21.7 Å². The summed E-state index contributed by atoms with van der Waals surface area (Å²) in [5.74, 6) is 0. The summed E-state index contributed by atoms with van der Waals surface area (Å²) in [4.78, 5) is 22.8. The van der Waals surface area contributed by atoms with Gasteiger partial charge in [-0.1, -0.05) is 6.07 Å². The van der Waals surface area contributed by atoms with Crippen LogP contribution >= 0.6 is 11.3 Å². The fourth-order valence-corrected chi connectivity index (χ4v) is 3.19. The first-order valence-electron chi connectivity index (χ1n) is 8.54. The van der Waals surface area contributed by atoms with Gasteiger partial charge in [-0.15, -0.1) is 11.3 Å². The number of carbonyl (C=O) groups is 1. The molecule has 6 nitrogen and oxygen atoms in total. The number of rotatable bonds is 4. The maximum absolute atomic E-state index is 12.1. The third kappa shape index (κ3) is 4.83. The van der Waals surface area contributed by atoms with Gasteiger partial charge in [-0.05, 0) is 57.5 Å². The van der Waals surface area contributed by atoms with Crippen LogP contribution in [0.1, 0.15) is 26.3 Å². The van der Waals surface area contributed by atoms with Crippen LogP contribution in [-0.2, 0) is 4.74 Å². The molecule has 3 aromatic rings. The maximum Gasteiger partial charge on any atom is 0.412 e. The number of benzene rings is 1. The molecule has 0 aliphatic heterocycles. The molecule has 0 radical (unpaired) electrons. The van der Waals surface area contributed by atoms with Gasteiger partial charge in [-0.2, -0.15) is 0 Å². The molecule has 3 rings (SSSR count). The van der Waals surface area contributed by atoms with Crippen molar-refractivity contribution < 1.29 is 9.53 Å². The van der Waals surface area contributed by atoms with Crippen molar-refractivity contribution in [3.8, 4) is 0 Å². The second kappa shape index (κ2) is 7.75. The molecule has 7 heteroatoms. The van der Waals surface area contributed by atoms with Crippen LogP contribution in [0.4, 0.5) is 27.0 Å². The number of amides is 1. The number of aromatic nitrogens is 2. The highest BCUT2D eigenvalue weighted by Gasteiger charge is 2.19. The van der Waals surface area contributed by atoms with Crippen molar-refractivity contribution in [2.45, 2.75) is 33.3 Å². The Labute approximate surface area is 162 Å². The topological polar surface area (TPSA) is 67.3 Å². The Morgan fingerprint density at radius 1 is 1.22 bits per heavy atom. The van der Waals surface area contributed by atoms with Crippen molar-refractivity contribution in [3.05, 3.63) is 59.9 Å². The molecule has 27 heavy (non-hydrogen) atoms. The van der Waals surface area contributed by atoms with E-state index in [-0.39, 0.29) is 0 Å². The summed E-state index contributed by atoms with van der Waals surface area (Å²) in [6, 6.07) is 9.58. The minimum absolute atomic E-state index is 0.487. The van der Waals surface area contributed by atoms with Gasteiger partial charge in [0.15, 0.2) is 5.13 Å². The fourth-order valence-electron chi connectivity index (χ4n) is 2.51. The van der Waals surface area contributed by atoms with Crippen molar-refractivity contribution in [1.82, 2.24) is 9.97 Å². The van der Waals surface area contributed by atoms with Crippen molar-refractivity contribution >= 4 is 39.6 Å². The number of thiazole rings is 1. The molecule has 0 atom stereocenters. The quantitative estimate of drug-likeness (QED) is 0.630. The Morgan fingerprint density at radius 3 is 2.67 bits per heavy atom. The number of carbonyl (C=O) groups excluding carboxylic acids is 1. The highest BCUT2D eigenvalue weighted by atomic mass is 32.1. The molecule has 0 spiro atoms. The van der Waals surface area contributed by atoms with Crippen LogP contribution < -0.4 is 10.2 Å². The average molecular weight is 382 g/mol. The summed E-state index contributed by atoms with van der Waals surface area (Å²) in [5, 5.41) is 5.54. The smallest absolute Gasteiger partial charge is 0.412 e. The minimum Gasteiger partial charge on any atom is -0.444 e. The zero-order chi connectivity index (χ0) is 19.4. The lowest BCUT2D eigenvalue weighted by molar-refractivity contribution is 0.0636. The van der Waals surface area contributed by atoms with Crippen LogP contribution in [0.15, 0.2) is 54.3 Å². The maximum atomic E-state index is 12.1. The lowest BCUT2D eigenvalue weighted by Crippen LogP contribution is -2.27. The van der Waals surface area contributed by atoms with Gasteiger partial charge in [0.1, 0.15) is 5.60 Å². The van der Waals surface area contributed by atoms with E-state index in [9.17, 15) is 4.79 Å². The summed E-state index contributed by atoms with van der Waals surface area (Å²) in [6.07, 6.45) is 4.80. The Balaban J connectivity index is 1.97. The number of nitrogens with zero attached hydrogens (tertiary/aromatic N) is 3. The van der Waals surface area contributed by atoms with E-state index in [0.29, 0.717) is 5.69 Å². The third-order valence-corrected chi connectivity index (χ3v) is 4.37. The standard InChI is InChI=1S/C20H22N4O2S/c1-14-7-8-15(23-19(25)26-20(2,3)4)12-17(14)24(18-22-10-11-27-18)16-6-5-9-21-13-16/h5-13H,1-4H3,(H,23,25). The molecule has 2 heterocycles. The van der Waals surface area contributed by atoms with Crippen molar-refractivity contribution in [2.24, 2.45) is 0 Å². The number of anilines is 4. The van der Waals surface area contributed by atoms with Crippen LogP contribution in [0.3, 0.4) is 0 Å². The Hall–Kier alpha value is -2.93. The monoisotopic (exact) mass is 382 g/mol. The van der Waals surface area contributed by atoms with Crippen molar-refractivity contribution in [3.63, 3.8) is 0 Å². The number of aryl methyl sites for hydroxylation is 1. The van der Waals surface area contributed by atoms with Crippen LogP contribution in [0.5, 0.6) is 0 Å². The average Bonchev–Trinajstić information content (AvgIpc) is 3.11. The molecular formula is C20H22N4O2S. The molecule has 0 bridgehead atoms. The van der Waals surface area contributed by atoms with E-state index in [1.807, 2.05) is 68.3 Å². The zero-order valence-corrected chi connectivity index (χ0v) is 16.6. The van der Waals surface area contributed by atoms with Gasteiger partial charge in [0, 0.05) is 23.5 Å². The van der Waals surface area contributed by atoms with Gasteiger partial charge in [0.2, 0.25) is 0 Å². The number of hydrogen-bond donors (Lipinski definition) is 1. The van der Waals surface area contributed by atoms with Gasteiger partial charge in [-0.25, -0.2) is 9.78 Å². The predicted octanol–water partition coefficient (Wildman–Crippen LogP) is 5.66. The molecular weight excluding hydrogens is 360 g/mol. The Bertz CT molecular complexity index is 905. The van der Waals surface area contributed by atoms with Gasteiger partial charge >= 0.3 is 6.09 Å². The molecule has 0 saturated heterocycles. The molecule has 0 unspecified atom stereocenters. The predicted molar refractivity (Wildman–Crippen MR) is 109 cm³/mol. The first kappa shape index (κ1) is 18.8. The van der Waals surface area contributed by atoms with E-state index in [0.717, 1.165) is 22.1 Å². The second-order valence-corrected chi connectivity index (χ2v) is 7.86. The van der Waals surface area contributed by atoms with Gasteiger partial charge in [0.25, 0.3) is 0 Å². The summed E-state index contributed by atoms with van der Waals surface area (Å²) in [5.41, 5.74) is 2.94. The van der Waals surface area contributed by atoms with E-state index in [2.05, 4.69) is 15.3 Å². The van der Waals surface area contributed by atoms with E-state index in [1.54, 1.807) is 18.6 Å². The van der Waals surface area contributed by atoms with Gasteiger partial charge < -0.3 is 4.74 Å². The number of pyridine rings is 1. The first-order chi connectivity index (χ1) is 12.8. The van der Waals surface area contributed by atoms with E-state index >= 15 is 0 Å². The normalized spacial score (nSPS) is 11.1. The van der Waals surface area contributed by atoms with Crippen molar-refractivity contribution in [1.29, 1.82) is 0 Å². The van der Waals surface area contributed by atoms with E-state index in [4.69, 9.17) is 4.74 Å². The van der Waals surface area contributed by atoms with Gasteiger partial charge in [-0.3, -0.25) is 15.2 Å². The molecule has 1 amide bonds. The fraction of sp³-hybridized carbons (Fsp3) is 0.250. The summed E-state index contributed by atoms with van der Waals surface area (Å²) in [7, 11) is 0. The second-order valence-electron chi connectivity index (χ2n) is 6.99. The SMILES string of the molecule is Cc1ccc(NC(=O)OC(C)(C)C)cc1N(c1cccnc1)c1nccs1. The lowest BCUT2D eigenvalue weighted by atomic mass is 10.1. The molecule has 1 aromatic carbocycles. The van der Waals surface area contributed by atoms with Crippen molar-refractivity contribution in [2.75, 3.05) is 10.2 Å². The summed E-state index contributed by atoms with van der Waals surface area (Å²) >= 11 is 1.53. The highest BCUT2D eigenvalue weighted by Crippen LogP contribution is 2.38. The van der Waals surface area contributed by atoms with E-state index in [1.165, 1.54) is 11.3 Å². The largest absolute Gasteiger partial charge is 0.444 e. The first-order valence-corrected chi connectivity index (χ1v) is 9.42. The molecule has 140 valence electrons. The van der Waals surface area contributed by atoms with Crippen LogP contribution in [0, 0.1) is 6.92 Å². The third-order valence-electron chi connectivity index (χ3n) is 3.61. The Kier molecular flexibility index (Phi) is 5.41. The lowest BCUT2D eigenvalue weighted by Gasteiger charge is -2.25. The summed E-state index contributed by atoms with van der Waals surface area (Å²) in [6.45, 7) is 7.52. The van der Waals surface area contributed by atoms with E-state index < -0.39 is 11.7 Å². The van der Waals surface area contributed by atoms with Crippen LogP contribution in [0.2, 0.25) is 0 Å². The number of nitrogens with one attached hydrogen (secondary N) is 1. The molecule has 2 aromatic heterocycles. The number of ether oxygens (including phenoxy) is 1. The van der Waals surface area contributed by atoms with Crippen LogP contribution in [0.25, 0.3) is 0 Å². The molecule has 0 saturated carbocycles. The molecule has 1 N–H and O–H groups in total.